The number of fused-ring (bicyclic) bond motifs is 3. The molecule has 0 saturated carbocycles. The molecule has 0 amide bonds. The number of carbonyl (C=O) groups is 1. The van der Waals surface area contributed by atoms with Gasteiger partial charge in [-0.15, -0.1) is 0 Å². The summed E-state index contributed by atoms with van der Waals surface area (Å²) in [5, 5.41) is 9.57. The lowest BCUT2D eigenvalue weighted by atomic mass is 9.80. The van der Waals surface area contributed by atoms with Crippen LogP contribution in [-0.4, -0.2) is 43.7 Å². The summed E-state index contributed by atoms with van der Waals surface area (Å²) >= 11 is 0. The number of carboxylic acid groups (broad SMARTS) is 1. The summed E-state index contributed by atoms with van der Waals surface area (Å²) in [5.41, 5.74) is 0.469. The van der Waals surface area contributed by atoms with Crippen molar-refractivity contribution in [3.8, 4) is 0 Å². The molecular formula is C25H35N3O3. The van der Waals surface area contributed by atoms with Crippen molar-refractivity contribution >= 4 is 17.0 Å². The van der Waals surface area contributed by atoms with Gasteiger partial charge < -0.3 is 9.67 Å². The zero-order valence-electron chi connectivity index (χ0n) is 19.3. The summed E-state index contributed by atoms with van der Waals surface area (Å²) in [6.07, 6.45) is 4.08. The summed E-state index contributed by atoms with van der Waals surface area (Å²) in [6, 6.07) is 8.82. The van der Waals surface area contributed by atoms with Crippen LogP contribution in [0.1, 0.15) is 76.8 Å². The Kier molecular flexibility index (Phi) is 5.95. The number of aromatic carboxylic acids is 1. The Morgan fingerprint density at radius 2 is 1.61 bits per heavy atom. The number of benzene rings is 1. The van der Waals surface area contributed by atoms with Gasteiger partial charge in [0.15, 0.2) is 0 Å². The zero-order chi connectivity index (χ0) is 22.4. The van der Waals surface area contributed by atoms with Crippen LogP contribution in [0.3, 0.4) is 0 Å². The molecular weight excluding hydrogens is 390 g/mol. The van der Waals surface area contributed by atoms with E-state index in [2.05, 4.69) is 44.5 Å². The molecule has 1 aromatic carbocycles. The third-order valence-electron chi connectivity index (χ3n) is 7.74. The van der Waals surface area contributed by atoms with E-state index in [0.717, 1.165) is 31.2 Å². The van der Waals surface area contributed by atoms with Gasteiger partial charge in [0, 0.05) is 24.2 Å². The second kappa shape index (κ2) is 8.38. The van der Waals surface area contributed by atoms with Gasteiger partial charge in [0.2, 0.25) is 5.69 Å². The number of piperidine rings is 1. The molecule has 4 rings (SSSR count). The molecule has 2 bridgehead atoms. The highest BCUT2D eigenvalue weighted by Crippen LogP contribution is 2.45. The van der Waals surface area contributed by atoms with E-state index in [0.29, 0.717) is 41.4 Å². The van der Waals surface area contributed by atoms with E-state index in [1.807, 2.05) is 18.2 Å². The van der Waals surface area contributed by atoms with E-state index < -0.39 is 11.5 Å². The van der Waals surface area contributed by atoms with Crippen LogP contribution in [0.25, 0.3) is 11.0 Å². The van der Waals surface area contributed by atoms with Crippen molar-refractivity contribution in [1.82, 2.24) is 14.5 Å². The number of hydrogen-bond acceptors (Lipinski definition) is 4. The van der Waals surface area contributed by atoms with Gasteiger partial charge in [0.1, 0.15) is 0 Å². The zero-order valence-corrected chi connectivity index (χ0v) is 19.3. The summed E-state index contributed by atoms with van der Waals surface area (Å²) in [7, 11) is 0. The maximum Gasteiger partial charge on any atom is 0.360 e. The molecule has 1 aromatic heterocycles. The molecule has 0 spiro atoms. The number of carboxylic acids is 1. The molecule has 2 fully saturated rings. The van der Waals surface area contributed by atoms with Crippen LogP contribution in [-0.2, 0) is 0 Å². The standard InChI is InChI=1S/C25H35N3O3/c1-14(2)16(5)23(15(3)4)27-17-10-11-18(27)13-19(12-17)28-21-9-7-6-8-20(21)26-22(24(28)29)25(30)31/h6-9,14-19,23H,10-13H2,1-5H3,(H,30,31)/t16?,17-,18+,19?,23?. The second-order valence-corrected chi connectivity index (χ2v) is 10.2. The Morgan fingerprint density at radius 3 is 2.16 bits per heavy atom. The van der Waals surface area contributed by atoms with Crippen molar-refractivity contribution in [3.05, 3.63) is 40.3 Å². The molecule has 168 valence electrons. The predicted molar refractivity (Wildman–Crippen MR) is 123 cm³/mol. The van der Waals surface area contributed by atoms with Crippen LogP contribution < -0.4 is 5.56 Å². The van der Waals surface area contributed by atoms with Gasteiger partial charge in [-0.05, 0) is 55.6 Å². The van der Waals surface area contributed by atoms with Crippen molar-refractivity contribution in [2.75, 3.05) is 0 Å². The quantitative estimate of drug-likeness (QED) is 0.733. The lowest BCUT2D eigenvalue weighted by Crippen LogP contribution is -2.54. The summed E-state index contributed by atoms with van der Waals surface area (Å²) < 4.78 is 1.74. The molecule has 2 aliphatic heterocycles. The third kappa shape index (κ3) is 3.79. The van der Waals surface area contributed by atoms with Crippen LogP contribution in [0.15, 0.2) is 29.1 Å². The van der Waals surface area contributed by atoms with Gasteiger partial charge in [-0.25, -0.2) is 9.78 Å². The van der Waals surface area contributed by atoms with E-state index in [1.54, 1.807) is 10.6 Å². The molecule has 2 aromatic rings. The highest BCUT2D eigenvalue weighted by Gasteiger charge is 2.47. The maximum atomic E-state index is 13.2. The molecule has 5 atom stereocenters. The van der Waals surface area contributed by atoms with E-state index in [1.165, 1.54) is 0 Å². The van der Waals surface area contributed by atoms with Crippen LogP contribution in [0.2, 0.25) is 0 Å². The van der Waals surface area contributed by atoms with Crippen LogP contribution in [0, 0.1) is 17.8 Å². The number of nitrogens with zero attached hydrogens (tertiary/aromatic N) is 3. The van der Waals surface area contributed by atoms with E-state index in [-0.39, 0.29) is 11.7 Å². The van der Waals surface area contributed by atoms with Crippen molar-refractivity contribution < 1.29 is 9.90 Å². The van der Waals surface area contributed by atoms with Crippen molar-refractivity contribution in [2.24, 2.45) is 17.8 Å². The largest absolute Gasteiger partial charge is 0.476 e. The fourth-order valence-electron chi connectivity index (χ4n) is 6.16. The first kappa shape index (κ1) is 22.0. The van der Waals surface area contributed by atoms with Crippen LogP contribution in [0.5, 0.6) is 0 Å². The Bertz CT molecular complexity index is 1010. The van der Waals surface area contributed by atoms with Gasteiger partial charge in [-0.2, -0.15) is 0 Å². The van der Waals surface area contributed by atoms with E-state index in [4.69, 9.17) is 0 Å². The summed E-state index contributed by atoms with van der Waals surface area (Å²) in [4.78, 5) is 31.8. The fraction of sp³-hybridized carbons (Fsp3) is 0.640. The smallest absolute Gasteiger partial charge is 0.360 e. The molecule has 0 radical (unpaired) electrons. The Labute approximate surface area is 184 Å². The Balaban J connectivity index is 1.73. The lowest BCUT2D eigenvalue weighted by Gasteiger charge is -2.48. The van der Waals surface area contributed by atoms with Gasteiger partial charge in [-0.3, -0.25) is 9.69 Å². The van der Waals surface area contributed by atoms with E-state index in [9.17, 15) is 14.7 Å². The SMILES string of the molecule is CC(C)C(C)C(C(C)C)N1[C@@H]2CC[C@H]1CC(n1c(=O)c(C(=O)O)nc3ccccc31)C2. The number of rotatable bonds is 6. The Morgan fingerprint density at radius 1 is 1.00 bits per heavy atom. The minimum Gasteiger partial charge on any atom is -0.476 e. The topological polar surface area (TPSA) is 75.4 Å². The minimum absolute atomic E-state index is 0.00872. The molecule has 0 aliphatic carbocycles. The average Bonchev–Trinajstić information content (AvgIpc) is 2.95. The first-order chi connectivity index (χ1) is 14.7. The lowest BCUT2D eigenvalue weighted by molar-refractivity contribution is 0.00505. The van der Waals surface area contributed by atoms with Gasteiger partial charge in [-0.1, -0.05) is 46.8 Å². The molecule has 3 heterocycles. The molecule has 6 heteroatoms. The molecule has 3 unspecified atom stereocenters. The maximum absolute atomic E-state index is 13.2. The minimum atomic E-state index is -1.25. The Hall–Kier alpha value is -2.21. The van der Waals surface area contributed by atoms with Gasteiger partial charge in [0.25, 0.3) is 5.56 Å². The predicted octanol–water partition coefficient (Wildman–Crippen LogP) is 4.58. The van der Waals surface area contributed by atoms with Crippen LogP contribution in [0.4, 0.5) is 0 Å². The molecule has 2 saturated heterocycles. The second-order valence-electron chi connectivity index (χ2n) is 10.2. The summed E-state index contributed by atoms with van der Waals surface area (Å²) in [6.45, 7) is 11.7. The first-order valence-corrected chi connectivity index (χ1v) is 11.7. The molecule has 31 heavy (non-hydrogen) atoms. The number of aromatic nitrogens is 2. The van der Waals surface area contributed by atoms with Crippen LogP contribution >= 0.6 is 0 Å². The normalized spacial score (nSPS) is 26.0. The summed E-state index contributed by atoms with van der Waals surface area (Å²) in [5.74, 6) is 0.535. The number of hydrogen-bond donors (Lipinski definition) is 1. The van der Waals surface area contributed by atoms with Crippen molar-refractivity contribution in [3.63, 3.8) is 0 Å². The highest BCUT2D eigenvalue weighted by atomic mass is 16.4. The number of para-hydroxylation sites is 2. The third-order valence-corrected chi connectivity index (χ3v) is 7.74. The molecule has 6 nitrogen and oxygen atoms in total. The average molecular weight is 426 g/mol. The van der Waals surface area contributed by atoms with Gasteiger partial charge >= 0.3 is 5.97 Å². The monoisotopic (exact) mass is 425 g/mol. The van der Waals surface area contributed by atoms with Gasteiger partial charge in [0.05, 0.1) is 11.0 Å². The fourth-order valence-corrected chi connectivity index (χ4v) is 6.16. The molecule has 2 aliphatic rings. The van der Waals surface area contributed by atoms with Crippen molar-refractivity contribution in [2.45, 2.75) is 84.5 Å². The van der Waals surface area contributed by atoms with E-state index >= 15 is 0 Å². The molecule has 1 N–H and O–H groups in total. The first-order valence-electron chi connectivity index (χ1n) is 11.7. The van der Waals surface area contributed by atoms with Crippen molar-refractivity contribution in [1.29, 1.82) is 0 Å². The highest BCUT2D eigenvalue weighted by molar-refractivity contribution is 5.88.